The number of hydrogen-bond donors (Lipinski definition) is 0. The molecule has 0 saturated carbocycles. The molecule has 0 aliphatic heterocycles. The van der Waals surface area contributed by atoms with Crippen LogP contribution in [0.5, 0.6) is 0 Å². The Hall–Kier alpha value is -4.61. The summed E-state index contributed by atoms with van der Waals surface area (Å²) in [7, 11) is -1.34. The van der Waals surface area contributed by atoms with E-state index in [-0.39, 0.29) is 20.1 Å². The minimum absolute atomic E-state index is 0. The quantitative estimate of drug-likeness (QED) is 0.113. The van der Waals surface area contributed by atoms with E-state index in [0.29, 0.717) is 17.8 Å². The molecule has 1 radical (unpaired) electrons. The van der Waals surface area contributed by atoms with Crippen LogP contribution in [0, 0.1) is 18.1 Å². The van der Waals surface area contributed by atoms with Crippen LogP contribution in [0.1, 0.15) is 70.1 Å². The summed E-state index contributed by atoms with van der Waals surface area (Å²) in [5.41, 5.74) is 12.1. The van der Waals surface area contributed by atoms with Crippen molar-refractivity contribution < 1.29 is 24.5 Å². The van der Waals surface area contributed by atoms with E-state index in [1.807, 2.05) is 42.5 Å². The first-order valence-corrected chi connectivity index (χ1v) is 22.8. The summed E-state index contributed by atoms with van der Waals surface area (Å²) >= 11 is 0. The number of pyridine rings is 1. The maximum atomic E-state index is 6.40. The van der Waals surface area contributed by atoms with Crippen molar-refractivity contribution in [3.05, 3.63) is 144 Å². The number of para-hydroxylation sites is 4. The summed E-state index contributed by atoms with van der Waals surface area (Å²) in [5, 5.41) is 3.69. The molecule has 4 nitrogen and oxygen atoms in total. The fourth-order valence-electron chi connectivity index (χ4n) is 7.53. The van der Waals surface area contributed by atoms with Crippen molar-refractivity contribution in [2.75, 3.05) is 0 Å². The number of rotatable bonds is 8. The zero-order chi connectivity index (χ0) is 38.1. The maximum Gasteiger partial charge on any atom is 0.120 e. The van der Waals surface area contributed by atoms with Crippen LogP contribution < -0.4 is 5.19 Å². The van der Waals surface area contributed by atoms with E-state index in [1.165, 1.54) is 27.6 Å². The molecule has 5 aromatic carbocycles. The molecule has 0 bridgehead atoms. The van der Waals surface area contributed by atoms with Gasteiger partial charge in [-0.3, -0.25) is 4.98 Å². The molecule has 0 aliphatic rings. The molecule has 0 aliphatic carbocycles. The number of aromatic nitrogens is 3. The molecular formula is C49H51IrN3OSi-2. The topological polar surface area (TPSA) is 43.9 Å². The Morgan fingerprint density at radius 2 is 1.42 bits per heavy atom. The van der Waals surface area contributed by atoms with Gasteiger partial charge in [0.1, 0.15) is 5.58 Å². The molecule has 8 aromatic rings. The molecule has 3 heterocycles. The van der Waals surface area contributed by atoms with E-state index >= 15 is 0 Å². The molecule has 55 heavy (non-hydrogen) atoms. The molecule has 6 heteroatoms. The Kier molecular flexibility index (Phi) is 12.1. The van der Waals surface area contributed by atoms with Gasteiger partial charge in [0.15, 0.2) is 0 Å². The average molecular weight is 918 g/mol. The number of furan rings is 1. The van der Waals surface area contributed by atoms with E-state index in [9.17, 15) is 0 Å². The molecule has 3 aromatic heterocycles. The van der Waals surface area contributed by atoms with Crippen molar-refractivity contribution in [3.8, 4) is 28.3 Å². The van der Waals surface area contributed by atoms with Crippen LogP contribution in [0.4, 0.5) is 0 Å². The molecule has 283 valence electrons. The molecule has 0 unspecified atom stereocenters. The first-order valence-electron chi connectivity index (χ1n) is 19.3. The van der Waals surface area contributed by atoms with Gasteiger partial charge in [0, 0.05) is 37.4 Å². The second kappa shape index (κ2) is 16.6. The first-order chi connectivity index (χ1) is 25.9. The van der Waals surface area contributed by atoms with Gasteiger partial charge in [-0.2, -0.15) is 0 Å². The Balaban J connectivity index is 0.000000211. The summed E-state index contributed by atoms with van der Waals surface area (Å²) in [4.78, 5) is 9.84. The predicted octanol–water partition coefficient (Wildman–Crippen LogP) is 12.9. The largest absolute Gasteiger partial charge is 0.501 e. The number of hydrogen-bond acceptors (Lipinski definition) is 3. The summed E-state index contributed by atoms with van der Waals surface area (Å²) in [6.45, 7) is 20.8. The monoisotopic (exact) mass is 918 g/mol. The van der Waals surface area contributed by atoms with Crippen molar-refractivity contribution in [2.24, 2.45) is 5.92 Å². The van der Waals surface area contributed by atoms with Crippen molar-refractivity contribution in [2.45, 2.75) is 79.4 Å². The fraction of sp³-hybridized carbons (Fsp3) is 0.265. The third-order valence-corrected chi connectivity index (χ3v) is 12.2. The zero-order valence-electron chi connectivity index (χ0n) is 33.5. The Morgan fingerprint density at radius 3 is 2.09 bits per heavy atom. The van der Waals surface area contributed by atoms with Gasteiger partial charge in [-0.15, -0.1) is 54.1 Å². The van der Waals surface area contributed by atoms with Gasteiger partial charge in [-0.25, -0.2) is 0 Å². The van der Waals surface area contributed by atoms with Crippen LogP contribution in [0.3, 0.4) is 0 Å². The van der Waals surface area contributed by atoms with Gasteiger partial charge in [-0.05, 0) is 64.4 Å². The Bertz CT molecular complexity index is 2530. The smallest absolute Gasteiger partial charge is 0.120 e. The third-order valence-electron chi connectivity index (χ3n) is 10.1. The van der Waals surface area contributed by atoms with Crippen molar-refractivity contribution >= 4 is 46.2 Å². The second-order valence-electron chi connectivity index (χ2n) is 16.4. The zero-order valence-corrected chi connectivity index (χ0v) is 36.9. The first kappa shape index (κ1) is 40.1. The van der Waals surface area contributed by atoms with Gasteiger partial charge in [0.25, 0.3) is 0 Å². The third kappa shape index (κ3) is 8.19. The molecular weight excluding hydrogens is 867 g/mol. The Morgan fingerprint density at radius 1 is 0.727 bits per heavy atom. The molecule has 0 fully saturated rings. The average Bonchev–Trinajstić information content (AvgIpc) is 3.73. The van der Waals surface area contributed by atoms with Crippen LogP contribution >= 0.6 is 0 Å². The van der Waals surface area contributed by atoms with E-state index in [2.05, 4.69) is 156 Å². The van der Waals surface area contributed by atoms with Gasteiger partial charge in [-0.1, -0.05) is 132 Å². The van der Waals surface area contributed by atoms with E-state index in [1.54, 1.807) is 0 Å². The molecule has 0 amide bonds. The van der Waals surface area contributed by atoms with Gasteiger partial charge >= 0.3 is 0 Å². The number of benzene rings is 5. The van der Waals surface area contributed by atoms with E-state index in [4.69, 9.17) is 9.40 Å². The van der Waals surface area contributed by atoms with Crippen molar-refractivity contribution in [3.63, 3.8) is 0 Å². The normalized spacial score (nSPS) is 11.8. The van der Waals surface area contributed by atoms with Crippen molar-refractivity contribution in [1.29, 1.82) is 0 Å². The van der Waals surface area contributed by atoms with Gasteiger partial charge in [0.2, 0.25) is 0 Å². The number of nitrogens with zero attached hydrogens (tertiary/aromatic N) is 3. The molecule has 0 atom stereocenters. The fourth-order valence-corrected chi connectivity index (χ4v) is 9.12. The minimum atomic E-state index is -1.34. The standard InChI is InChI=1S/C31H27N2O.C18H24NSi.Ir/c1-19(2)21-12-9-13-22(20(3)4)29(21)33-27-17-7-6-16-26(27)32-31(33)25-15-10-14-24-23-11-5-8-18-28(23)34-30(24)25;1-14(2)11-16-12-17(15-9-7-6-8-10-15)19-13-18(16)20(3,4)5;/h5-14,16-20H,1-4H3;6-9,12-14H,11H2,1-5H3;/q2*-1;. The summed E-state index contributed by atoms with van der Waals surface area (Å²) < 4.78 is 8.73. The summed E-state index contributed by atoms with van der Waals surface area (Å²) in [5.74, 6) is 2.27. The predicted molar refractivity (Wildman–Crippen MR) is 231 cm³/mol. The summed E-state index contributed by atoms with van der Waals surface area (Å²) in [6, 6.07) is 44.4. The van der Waals surface area contributed by atoms with Crippen LogP contribution in [0.15, 0.2) is 120 Å². The second-order valence-corrected chi connectivity index (χ2v) is 21.4. The Labute approximate surface area is 341 Å². The number of fused-ring (bicyclic) bond motifs is 4. The van der Waals surface area contributed by atoms with Crippen LogP contribution in [0.2, 0.25) is 19.6 Å². The van der Waals surface area contributed by atoms with Crippen molar-refractivity contribution in [1.82, 2.24) is 14.5 Å². The van der Waals surface area contributed by atoms with E-state index in [0.717, 1.165) is 62.0 Å². The minimum Gasteiger partial charge on any atom is -0.501 e. The molecule has 0 saturated heterocycles. The summed E-state index contributed by atoms with van der Waals surface area (Å²) in [6.07, 6.45) is 3.24. The van der Waals surface area contributed by atoms with Gasteiger partial charge < -0.3 is 14.0 Å². The molecule has 8 rings (SSSR count). The van der Waals surface area contributed by atoms with Crippen LogP contribution in [-0.2, 0) is 26.5 Å². The number of imidazole rings is 1. The maximum absolute atomic E-state index is 6.40. The van der Waals surface area contributed by atoms with Gasteiger partial charge in [0.05, 0.1) is 30.5 Å². The molecule has 0 spiro atoms. The van der Waals surface area contributed by atoms with Crippen LogP contribution in [-0.4, -0.2) is 22.6 Å². The SMILES string of the molecule is CC(C)Cc1cc(-c2[c-]cccc2)ncc1[Si](C)(C)C.CC(C)c1cccc(C(C)C)c1-n1c(-c2[c-]ccc3c2oc2ccccc23)nc2ccccc21.[Ir]. The molecule has 0 N–H and O–H groups in total. The van der Waals surface area contributed by atoms with Crippen LogP contribution in [0.25, 0.3) is 61.3 Å². The van der Waals surface area contributed by atoms with E-state index < -0.39 is 8.07 Å².